The van der Waals surface area contributed by atoms with E-state index in [2.05, 4.69) is 21.7 Å². The zero-order valence-corrected chi connectivity index (χ0v) is 34.4. The van der Waals surface area contributed by atoms with Crippen molar-refractivity contribution in [3.8, 4) is 10.4 Å². The molecular formula is C42H55ClN6O6S. The van der Waals surface area contributed by atoms with Gasteiger partial charge < -0.3 is 36.8 Å². The zero-order valence-electron chi connectivity index (χ0n) is 32.7. The fraction of sp³-hybridized carbons (Fsp3) is 0.452. The lowest BCUT2D eigenvalue weighted by molar-refractivity contribution is -0.144. The molecule has 2 heterocycles. The Bertz CT molecular complexity index is 1980. The molecule has 4 amide bonds. The van der Waals surface area contributed by atoms with Crippen LogP contribution < -0.4 is 22.1 Å². The molecule has 12 nitrogen and oxygen atoms in total. The molecule has 1 saturated heterocycles. The zero-order chi connectivity index (χ0) is 39.9. The van der Waals surface area contributed by atoms with E-state index in [1.165, 1.54) is 4.90 Å². The predicted molar refractivity (Wildman–Crippen MR) is 222 cm³/mol. The van der Waals surface area contributed by atoms with Crippen molar-refractivity contribution in [3.63, 3.8) is 0 Å². The smallest absolute Gasteiger partial charge is 0.246 e. The molecule has 5 rings (SSSR count). The van der Waals surface area contributed by atoms with E-state index in [1.54, 1.807) is 11.3 Å². The first-order chi connectivity index (χ1) is 26.1. The van der Waals surface area contributed by atoms with Crippen LogP contribution in [0.2, 0.25) is 0 Å². The third-order valence-corrected chi connectivity index (χ3v) is 11.1. The van der Waals surface area contributed by atoms with Crippen molar-refractivity contribution in [1.82, 2.24) is 20.5 Å². The van der Waals surface area contributed by atoms with Crippen LogP contribution in [0.1, 0.15) is 75.8 Å². The molecule has 7 N–H and O–H groups in total. The second-order valence-corrected chi connectivity index (χ2v) is 16.5. The van der Waals surface area contributed by atoms with Crippen molar-refractivity contribution in [2.45, 2.75) is 110 Å². The first-order valence-electron chi connectivity index (χ1n) is 18.8. The number of aliphatic hydroxyl groups is 1. The summed E-state index contributed by atoms with van der Waals surface area (Å²) < 4.78 is 5.95. The average molecular weight is 807 g/mol. The summed E-state index contributed by atoms with van der Waals surface area (Å²) in [5, 5.41) is 18.5. The van der Waals surface area contributed by atoms with Crippen LogP contribution in [-0.4, -0.2) is 75.5 Å². The van der Waals surface area contributed by atoms with Crippen LogP contribution in [0, 0.1) is 12.3 Å². The number of fused-ring (bicyclic) bond motifs is 1. The van der Waals surface area contributed by atoms with Crippen LogP contribution in [0.25, 0.3) is 21.2 Å². The predicted octanol–water partition coefficient (Wildman–Crippen LogP) is 4.93. The number of amides is 4. The standard InChI is InChI=1S/C42H54N6O6S.ClH/c1-25-38(55-24-46-25)30-11-7-28(8-12-30)21-45-40(52)35-20-33(49)22-48(35)41(53)39(42(3,4)5)47-37(51)17-10-27-6-13-32-19-29(9-14-31(32)18-27)23-54-26(2)34(43)15-16-36(44)50;/h6-9,11-14,18-19,24,26,33-35,39,49H,10,15-17,20-23,43H2,1-5H3,(H2,44,50)(H,45,52)(H,47,51);1H/t26-,33+,34+,35-,39+;/m1./s1. The van der Waals surface area contributed by atoms with E-state index < -0.39 is 29.5 Å². The number of β-amino-alcohol motifs (C(OH)–C–C–N with tert-alkyl or cyclic N) is 1. The highest BCUT2D eigenvalue weighted by Crippen LogP contribution is 2.29. The van der Waals surface area contributed by atoms with Gasteiger partial charge in [0, 0.05) is 38.4 Å². The Balaban J connectivity index is 0.00000696. The average Bonchev–Trinajstić information content (AvgIpc) is 3.77. The van der Waals surface area contributed by atoms with E-state index in [9.17, 15) is 24.3 Å². The molecule has 0 unspecified atom stereocenters. The first kappa shape index (κ1) is 44.3. The Morgan fingerprint density at radius 2 is 1.64 bits per heavy atom. The molecule has 0 spiro atoms. The molecule has 56 heavy (non-hydrogen) atoms. The number of thiazole rings is 1. The Hall–Kier alpha value is -4.40. The molecule has 0 saturated carbocycles. The summed E-state index contributed by atoms with van der Waals surface area (Å²) in [5.74, 6) is -1.40. The number of aliphatic hydroxyl groups excluding tert-OH is 1. The lowest BCUT2D eigenvalue weighted by atomic mass is 9.85. The maximum atomic E-state index is 14.0. The van der Waals surface area contributed by atoms with Gasteiger partial charge >= 0.3 is 0 Å². The van der Waals surface area contributed by atoms with Gasteiger partial charge in [0.05, 0.1) is 34.9 Å². The molecule has 4 aromatic rings. The molecule has 1 aliphatic rings. The number of ether oxygens (including phenoxy) is 1. The van der Waals surface area contributed by atoms with Crippen LogP contribution in [0.15, 0.2) is 66.2 Å². The molecule has 5 atom stereocenters. The first-order valence-corrected chi connectivity index (χ1v) is 19.7. The molecule has 302 valence electrons. The number of carbonyl (C=O) groups is 4. The van der Waals surface area contributed by atoms with E-state index >= 15 is 0 Å². The van der Waals surface area contributed by atoms with Gasteiger partial charge in [-0.3, -0.25) is 19.2 Å². The molecule has 1 fully saturated rings. The van der Waals surface area contributed by atoms with E-state index in [0.29, 0.717) is 19.4 Å². The Kier molecular flexibility index (Phi) is 15.5. The molecule has 0 bridgehead atoms. The maximum Gasteiger partial charge on any atom is 0.246 e. The number of primary amides is 1. The molecule has 0 aliphatic carbocycles. The maximum absolute atomic E-state index is 14.0. The van der Waals surface area contributed by atoms with E-state index in [1.807, 2.05) is 94.7 Å². The highest BCUT2D eigenvalue weighted by Gasteiger charge is 2.44. The van der Waals surface area contributed by atoms with Gasteiger partial charge in [-0.25, -0.2) is 4.98 Å². The number of nitrogens with two attached hydrogens (primary N) is 2. The van der Waals surface area contributed by atoms with Crippen molar-refractivity contribution >= 4 is 58.1 Å². The van der Waals surface area contributed by atoms with Gasteiger partial charge in [0.15, 0.2) is 0 Å². The normalized spacial score (nSPS) is 17.2. The van der Waals surface area contributed by atoms with Crippen LogP contribution in [0.4, 0.5) is 0 Å². The number of aryl methyl sites for hydroxylation is 2. The minimum absolute atomic E-state index is 0. The van der Waals surface area contributed by atoms with Gasteiger partial charge in [0.2, 0.25) is 23.6 Å². The Morgan fingerprint density at radius 1 is 1.00 bits per heavy atom. The third kappa shape index (κ3) is 11.8. The van der Waals surface area contributed by atoms with E-state index in [4.69, 9.17) is 16.2 Å². The minimum Gasteiger partial charge on any atom is -0.391 e. The number of likely N-dealkylation sites (tertiary alicyclic amines) is 1. The van der Waals surface area contributed by atoms with E-state index in [0.717, 1.165) is 43.6 Å². The van der Waals surface area contributed by atoms with Gasteiger partial charge in [0.25, 0.3) is 0 Å². The molecule has 1 aliphatic heterocycles. The number of aromatic nitrogens is 1. The van der Waals surface area contributed by atoms with E-state index in [-0.39, 0.29) is 74.6 Å². The SMILES string of the molecule is Cc1ncsc1-c1ccc(CNC(=O)[C@H]2C[C@H](O)CN2C(=O)[C@H](NC(=O)CCc2ccc3cc(CO[C@H](C)[C@@H](N)CCC(N)=O)ccc3c2)C(C)(C)C)cc1.Cl. The Morgan fingerprint density at radius 3 is 2.27 bits per heavy atom. The van der Waals surface area contributed by atoms with Gasteiger partial charge in [-0.05, 0) is 71.2 Å². The highest BCUT2D eigenvalue weighted by atomic mass is 35.5. The van der Waals surface area contributed by atoms with Crippen molar-refractivity contribution in [2.75, 3.05) is 6.54 Å². The van der Waals surface area contributed by atoms with Gasteiger partial charge in [-0.1, -0.05) is 75.4 Å². The van der Waals surface area contributed by atoms with Crippen molar-refractivity contribution < 1.29 is 29.0 Å². The van der Waals surface area contributed by atoms with Crippen molar-refractivity contribution in [1.29, 1.82) is 0 Å². The minimum atomic E-state index is -0.902. The number of hydrogen-bond acceptors (Lipinski definition) is 9. The lowest BCUT2D eigenvalue weighted by Crippen LogP contribution is -2.57. The van der Waals surface area contributed by atoms with Crippen LogP contribution in [-0.2, 0) is 43.5 Å². The summed E-state index contributed by atoms with van der Waals surface area (Å²) >= 11 is 1.58. The number of nitrogens with zero attached hydrogens (tertiary/aromatic N) is 2. The fourth-order valence-electron chi connectivity index (χ4n) is 6.76. The summed E-state index contributed by atoms with van der Waals surface area (Å²) in [5.41, 5.74) is 17.4. The summed E-state index contributed by atoms with van der Waals surface area (Å²) in [6.07, 6.45) is 0.357. The van der Waals surface area contributed by atoms with Gasteiger partial charge in [-0.15, -0.1) is 23.7 Å². The van der Waals surface area contributed by atoms with Gasteiger partial charge in [-0.2, -0.15) is 0 Å². The van der Waals surface area contributed by atoms with Crippen molar-refractivity contribution in [2.24, 2.45) is 16.9 Å². The summed E-state index contributed by atoms with van der Waals surface area (Å²) in [6, 6.07) is 18.0. The second-order valence-electron chi connectivity index (χ2n) is 15.6. The highest BCUT2D eigenvalue weighted by molar-refractivity contribution is 7.13. The van der Waals surface area contributed by atoms with Crippen LogP contribution >= 0.6 is 23.7 Å². The molecular weight excluding hydrogens is 752 g/mol. The van der Waals surface area contributed by atoms with Crippen molar-refractivity contribution in [3.05, 3.63) is 88.6 Å². The van der Waals surface area contributed by atoms with Crippen LogP contribution in [0.5, 0.6) is 0 Å². The molecule has 1 aromatic heterocycles. The quantitative estimate of drug-likeness (QED) is 0.105. The molecule has 0 radical (unpaired) electrons. The number of halogens is 1. The fourth-order valence-corrected chi connectivity index (χ4v) is 7.57. The number of hydrogen-bond donors (Lipinski definition) is 5. The molecule has 3 aromatic carbocycles. The van der Waals surface area contributed by atoms with Crippen LogP contribution in [0.3, 0.4) is 0 Å². The number of benzene rings is 3. The largest absolute Gasteiger partial charge is 0.391 e. The number of nitrogens with one attached hydrogen (secondary N) is 2. The monoisotopic (exact) mass is 806 g/mol. The summed E-state index contributed by atoms with van der Waals surface area (Å²) in [7, 11) is 0. The second kappa shape index (κ2) is 19.6. The summed E-state index contributed by atoms with van der Waals surface area (Å²) in [4.78, 5) is 58.7. The Labute approximate surface area is 339 Å². The number of carbonyl (C=O) groups excluding carboxylic acids is 4. The topological polar surface area (TPSA) is 190 Å². The molecule has 14 heteroatoms. The summed E-state index contributed by atoms with van der Waals surface area (Å²) in [6.45, 7) is 10.1. The number of rotatable bonds is 16. The lowest BCUT2D eigenvalue weighted by Gasteiger charge is -2.35. The third-order valence-electron chi connectivity index (χ3n) is 10.2. The van der Waals surface area contributed by atoms with Gasteiger partial charge in [0.1, 0.15) is 12.1 Å².